The summed E-state index contributed by atoms with van der Waals surface area (Å²) in [5, 5.41) is 6.51. The first-order valence-electron chi connectivity index (χ1n) is 4.43. The molecule has 0 bridgehead atoms. The minimum atomic E-state index is -0.366. The maximum absolute atomic E-state index is 11.6. The third-order valence-electron chi connectivity index (χ3n) is 1.93. The lowest BCUT2D eigenvalue weighted by Crippen LogP contribution is -2.12. The van der Waals surface area contributed by atoms with Gasteiger partial charge < -0.3 is 15.6 Å². The highest BCUT2D eigenvalue weighted by molar-refractivity contribution is 6.33. The van der Waals surface area contributed by atoms with Gasteiger partial charge in [-0.1, -0.05) is 16.8 Å². The Labute approximate surface area is 96.2 Å². The van der Waals surface area contributed by atoms with Crippen LogP contribution in [0, 0.1) is 0 Å². The molecule has 82 valence electrons. The molecule has 1 aromatic heterocycles. The zero-order valence-corrected chi connectivity index (χ0v) is 8.86. The topological polar surface area (TPSA) is 81.1 Å². The summed E-state index contributed by atoms with van der Waals surface area (Å²) < 4.78 is 4.56. The Morgan fingerprint density at radius 3 is 2.88 bits per heavy atom. The maximum atomic E-state index is 11.6. The lowest BCUT2D eigenvalue weighted by molar-refractivity contribution is 0.101. The molecule has 16 heavy (non-hydrogen) atoms. The highest BCUT2D eigenvalue weighted by Crippen LogP contribution is 2.22. The van der Waals surface area contributed by atoms with Gasteiger partial charge in [0, 0.05) is 11.8 Å². The zero-order valence-electron chi connectivity index (χ0n) is 8.11. The smallest absolute Gasteiger partial charge is 0.277 e. The van der Waals surface area contributed by atoms with E-state index in [4.69, 9.17) is 17.3 Å². The molecule has 0 atom stereocenters. The van der Waals surface area contributed by atoms with Gasteiger partial charge in [0.05, 0.1) is 10.7 Å². The second kappa shape index (κ2) is 4.24. The largest absolute Gasteiger partial charge is 0.398 e. The number of nitrogens with two attached hydrogens (primary N) is 1. The Bertz CT molecular complexity index is 511. The zero-order chi connectivity index (χ0) is 11.5. The predicted octanol–water partition coefficient (Wildman–Crippen LogP) is 2.16. The van der Waals surface area contributed by atoms with Crippen molar-refractivity contribution in [2.45, 2.75) is 0 Å². The molecule has 0 saturated heterocycles. The minimum Gasteiger partial charge on any atom is -0.398 e. The van der Waals surface area contributed by atoms with Gasteiger partial charge in [0.1, 0.15) is 6.26 Å². The molecule has 1 aromatic carbocycles. The van der Waals surface area contributed by atoms with Gasteiger partial charge in [-0.2, -0.15) is 0 Å². The number of hydrogen-bond donors (Lipinski definition) is 2. The van der Waals surface area contributed by atoms with E-state index in [2.05, 4.69) is 15.0 Å². The standard InChI is InChI=1S/C10H8ClN3O2/c11-7-5-6(1-2-8(7)12)13-10(15)9-3-4-16-14-9/h1-5H,12H2,(H,13,15). The van der Waals surface area contributed by atoms with Crippen LogP contribution in [0.15, 0.2) is 35.1 Å². The summed E-state index contributed by atoms with van der Waals surface area (Å²) in [5.74, 6) is -0.366. The monoisotopic (exact) mass is 237 g/mol. The van der Waals surface area contributed by atoms with Crippen LogP contribution in [-0.2, 0) is 0 Å². The van der Waals surface area contributed by atoms with Crippen molar-refractivity contribution in [2.75, 3.05) is 11.1 Å². The second-order valence-electron chi connectivity index (χ2n) is 3.08. The Morgan fingerprint density at radius 1 is 1.44 bits per heavy atom. The summed E-state index contributed by atoms with van der Waals surface area (Å²) in [6, 6.07) is 6.29. The molecule has 0 spiro atoms. The number of carbonyl (C=O) groups excluding carboxylic acids is 1. The van der Waals surface area contributed by atoms with Crippen molar-refractivity contribution in [2.24, 2.45) is 0 Å². The Kier molecular flexibility index (Phi) is 2.78. The van der Waals surface area contributed by atoms with Crippen LogP contribution in [0.3, 0.4) is 0 Å². The van der Waals surface area contributed by atoms with Gasteiger partial charge in [-0.05, 0) is 18.2 Å². The molecule has 0 aliphatic carbocycles. The molecule has 1 amide bonds. The Morgan fingerprint density at radius 2 is 2.25 bits per heavy atom. The van der Waals surface area contributed by atoms with Crippen LogP contribution in [0.2, 0.25) is 5.02 Å². The highest BCUT2D eigenvalue weighted by atomic mass is 35.5. The van der Waals surface area contributed by atoms with Crippen LogP contribution >= 0.6 is 11.6 Å². The molecule has 0 aliphatic rings. The van der Waals surface area contributed by atoms with Gasteiger partial charge in [0.25, 0.3) is 5.91 Å². The van der Waals surface area contributed by atoms with Crippen LogP contribution < -0.4 is 11.1 Å². The second-order valence-corrected chi connectivity index (χ2v) is 3.48. The maximum Gasteiger partial charge on any atom is 0.277 e. The Hall–Kier alpha value is -2.01. The lowest BCUT2D eigenvalue weighted by Gasteiger charge is -2.04. The lowest BCUT2D eigenvalue weighted by atomic mass is 10.2. The van der Waals surface area contributed by atoms with Crippen LogP contribution in [0.5, 0.6) is 0 Å². The van der Waals surface area contributed by atoms with Crippen molar-refractivity contribution >= 4 is 28.9 Å². The number of nitrogens with one attached hydrogen (secondary N) is 1. The summed E-state index contributed by atoms with van der Waals surface area (Å²) >= 11 is 5.81. The van der Waals surface area contributed by atoms with Gasteiger partial charge in [0.2, 0.25) is 0 Å². The average molecular weight is 238 g/mol. The molecule has 6 heteroatoms. The normalized spacial score (nSPS) is 10.1. The molecule has 0 aliphatic heterocycles. The summed E-state index contributed by atoms with van der Waals surface area (Å²) in [7, 11) is 0. The van der Waals surface area contributed by atoms with Crippen LogP contribution in [0.25, 0.3) is 0 Å². The van der Waals surface area contributed by atoms with E-state index in [1.807, 2.05) is 0 Å². The average Bonchev–Trinajstić information content (AvgIpc) is 2.77. The summed E-state index contributed by atoms with van der Waals surface area (Å²) in [4.78, 5) is 11.6. The third kappa shape index (κ3) is 2.14. The first kappa shape index (κ1) is 10.5. The molecule has 0 unspecified atom stereocenters. The fraction of sp³-hybridized carbons (Fsp3) is 0. The number of nitrogens with zero attached hydrogens (tertiary/aromatic N) is 1. The molecule has 0 saturated carbocycles. The van der Waals surface area contributed by atoms with E-state index in [1.54, 1.807) is 18.2 Å². The van der Waals surface area contributed by atoms with Gasteiger partial charge >= 0.3 is 0 Å². The van der Waals surface area contributed by atoms with Gasteiger partial charge in [0.15, 0.2) is 5.69 Å². The number of rotatable bonds is 2. The third-order valence-corrected chi connectivity index (χ3v) is 2.26. The molecule has 0 radical (unpaired) electrons. The fourth-order valence-corrected chi connectivity index (χ4v) is 1.31. The number of aromatic nitrogens is 1. The molecule has 5 nitrogen and oxygen atoms in total. The van der Waals surface area contributed by atoms with Crippen molar-refractivity contribution in [3.05, 3.63) is 41.2 Å². The summed E-state index contributed by atoms with van der Waals surface area (Å²) in [6.07, 6.45) is 1.32. The summed E-state index contributed by atoms with van der Waals surface area (Å²) in [6.45, 7) is 0. The van der Waals surface area contributed by atoms with Crippen molar-refractivity contribution in [1.82, 2.24) is 5.16 Å². The van der Waals surface area contributed by atoms with Crippen LogP contribution in [-0.4, -0.2) is 11.1 Å². The first-order chi connectivity index (χ1) is 7.66. The van der Waals surface area contributed by atoms with E-state index in [-0.39, 0.29) is 11.6 Å². The van der Waals surface area contributed by atoms with Crippen LogP contribution in [0.1, 0.15) is 10.5 Å². The Balaban J connectivity index is 2.15. The molecular weight excluding hydrogens is 230 g/mol. The van der Waals surface area contributed by atoms with E-state index in [1.165, 1.54) is 12.3 Å². The van der Waals surface area contributed by atoms with Gasteiger partial charge in [-0.25, -0.2) is 0 Å². The first-order valence-corrected chi connectivity index (χ1v) is 4.81. The van der Waals surface area contributed by atoms with E-state index in [0.717, 1.165) is 0 Å². The van der Waals surface area contributed by atoms with Gasteiger partial charge in [-0.3, -0.25) is 4.79 Å². The number of amides is 1. The molecule has 2 rings (SSSR count). The number of benzene rings is 1. The van der Waals surface area contributed by atoms with Crippen LogP contribution in [0.4, 0.5) is 11.4 Å². The van der Waals surface area contributed by atoms with Gasteiger partial charge in [-0.15, -0.1) is 0 Å². The predicted molar refractivity (Wildman–Crippen MR) is 60.3 cm³/mol. The number of nitrogen functional groups attached to an aromatic ring is 1. The minimum absolute atomic E-state index is 0.202. The molecule has 1 heterocycles. The molecule has 0 fully saturated rings. The van der Waals surface area contributed by atoms with Crippen molar-refractivity contribution in [1.29, 1.82) is 0 Å². The molecule has 2 aromatic rings. The SMILES string of the molecule is Nc1ccc(NC(=O)c2ccon2)cc1Cl. The molecule has 3 N–H and O–H groups in total. The van der Waals surface area contributed by atoms with Crippen molar-refractivity contribution in [3.63, 3.8) is 0 Å². The van der Waals surface area contributed by atoms with E-state index >= 15 is 0 Å². The summed E-state index contributed by atoms with van der Waals surface area (Å²) in [5.41, 5.74) is 6.75. The highest BCUT2D eigenvalue weighted by Gasteiger charge is 2.09. The van der Waals surface area contributed by atoms with Crippen molar-refractivity contribution in [3.8, 4) is 0 Å². The number of halogens is 1. The quantitative estimate of drug-likeness (QED) is 0.785. The van der Waals surface area contributed by atoms with E-state index < -0.39 is 0 Å². The number of hydrogen-bond acceptors (Lipinski definition) is 4. The number of anilines is 2. The number of carbonyl (C=O) groups is 1. The fourth-order valence-electron chi connectivity index (χ4n) is 1.13. The van der Waals surface area contributed by atoms with E-state index in [0.29, 0.717) is 16.4 Å². The van der Waals surface area contributed by atoms with E-state index in [9.17, 15) is 4.79 Å². The van der Waals surface area contributed by atoms with Crippen molar-refractivity contribution < 1.29 is 9.32 Å². The molecular formula is C10H8ClN3O2.